The Hall–Kier alpha value is -2.88. The number of nitrogens with two attached hydrogens (primary N) is 1. The quantitative estimate of drug-likeness (QED) is 0.420. The first-order valence-electron chi connectivity index (χ1n) is 8.85. The van der Waals surface area contributed by atoms with Crippen LogP contribution >= 0.6 is 11.3 Å². The maximum atomic E-state index is 12.4. The van der Waals surface area contributed by atoms with Crippen molar-refractivity contribution in [1.82, 2.24) is 4.31 Å². The largest absolute Gasteiger partial charge is 0.457 e. The van der Waals surface area contributed by atoms with Crippen LogP contribution in [0.5, 0.6) is 11.5 Å². The second kappa shape index (κ2) is 9.55. The number of anilines is 1. The standard InChI is InChI=1S/C20H22N4O3S2/c1-24(29(25,26)19-11-6-14-28-19)13-12-22-20(21)23-16-7-5-10-18(15-16)27-17-8-3-2-4-9-17/h2-11,14-15H,12-13H2,1H3,(H3,21,22,23). The van der Waals surface area contributed by atoms with Gasteiger partial charge in [0.2, 0.25) is 0 Å². The fraction of sp³-hybridized carbons (Fsp3) is 0.150. The van der Waals surface area contributed by atoms with Gasteiger partial charge in [-0.2, -0.15) is 4.31 Å². The normalized spacial score (nSPS) is 12.1. The highest BCUT2D eigenvalue weighted by atomic mass is 32.2. The zero-order valence-electron chi connectivity index (χ0n) is 15.9. The molecule has 29 heavy (non-hydrogen) atoms. The van der Waals surface area contributed by atoms with Crippen molar-refractivity contribution in [3.05, 3.63) is 72.1 Å². The Morgan fingerprint density at radius 2 is 1.86 bits per heavy atom. The first-order valence-corrected chi connectivity index (χ1v) is 11.2. The fourth-order valence-electron chi connectivity index (χ4n) is 2.44. The van der Waals surface area contributed by atoms with Crippen LogP contribution in [0.15, 0.2) is 81.3 Å². The van der Waals surface area contributed by atoms with Gasteiger partial charge in [0.25, 0.3) is 10.0 Å². The van der Waals surface area contributed by atoms with Gasteiger partial charge in [-0.1, -0.05) is 30.3 Å². The molecule has 0 aliphatic carbocycles. The van der Waals surface area contributed by atoms with E-state index in [0.29, 0.717) is 9.96 Å². The molecule has 0 radical (unpaired) electrons. The molecule has 2 aromatic carbocycles. The number of hydrogen-bond acceptors (Lipinski definition) is 5. The zero-order chi connectivity index (χ0) is 20.7. The molecule has 0 unspecified atom stereocenters. The lowest BCUT2D eigenvalue weighted by Crippen LogP contribution is -2.30. The van der Waals surface area contributed by atoms with Gasteiger partial charge in [0.15, 0.2) is 5.96 Å². The fourth-order valence-corrected chi connectivity index (χ4v) is 4.81. The van der Waals surface area contributed by atoms with Crippen LogP contribution in [-0.2, 0) is 10.0 Å². The molecule has 0 bridgehead atoms. The summed E-state index contributed by atoms with van der Waals surface area (Å²) in [6, 6.07) is 20.1. The predicted molar refractivity (Wildman–Crippen MR) is 117 cm³/mol. The molecular weight excluding hydrogens is 408 g/mol. The number of nitrogens with zero attached hydrogens (tertiary/aromatic N) is 2. The second-order valence-electron chi connectivity index (χ2n) is 6.09. The Kier molecular flexibility index (Phi) is 6.86. The summed E-state index contributed by atoms with van der Waals surface area (Å²) in [5.41, 5.74) is 6.65. The van der Waals surface area contributed by atoms with E-state index < -0.39 is 10.0 Å². The number of ether oxygens (including phenoxy) is 1. The van der Waals surface area contributed by atoms with Crippen molar-refractivity contribution < 1.29 is 13.2 Å². The lowest BCUT2D eigenvalue weighted by molar-refractivity contribution is 0.478. The van der Waals surface area contributed by atoms with Crippen LogP contribution in [0.4, 0.5) is 5.69 Å². The molecule has 1 heterocycles. The summed E-state index contributed by atoms with van der Waals surface area (Å²) < 4.78 is 32.1. The highest BCUT2D eigenvalue weighted by Gasteiger charge is 2.20. The van der Waals surface area contributed by atoms with Crippen molar-refractivity contribution in [3.63, 3.8) is 0 Å². The molecule has 3 rings (SSSR count). The molecule has 7 nitrogen and oxygen atoms in total. The van der Waals surface area contributed by atoms with Crippen molar-refractivity contribution in [3.8, 4) is 11.5 Å². The average Bonchev–Trinajstić information content (AvgIpc) is 3.24. The van der Waals surface area contributed by atoms with E-state index in [4.69, 9.17) is 10.5 Å². The minimum atomic E-state index is -3.48. The second-order valence-corrected chi connectivity index (χ2v) is 9.31. The van der Waals surface area contributed by atoms with Gasteiger partial charge >= 0.3 is 0 Å². The predicted octanol–water partition coefficient (Wildman–Crippen LogP) is 3.59. The van der Waals surface area contributed by atoms with Gasteiger partial charge in [-0.05, 0) is 35.7 Å². The molecule has 0 atom stereocenters. The van der Waals surface area contributed by atoms with E-state index in [2.05, 4.69) is 10.3 Å². The average molecular weight is 431 g/mol. The first-order chi connectivity index (χ1) is 13.9. The number of guanidine groups is 1. The summed E-state index contributed by atoms with van der Waals surface area (Å²) in [7, 11) is -1.96. The molecule has 0 saturated carbocycles. The SMILES string of the molecule is CN(CCN=C(N)Nc1cccc(Oc2ccccc2)c1)S(=O)(=O)c1cccs1. The smallest absolute Gasteiger partial charge is 0.252 e. The Labute approximate surface area is 174 Å². The number of likely N-dealkylation sites (N-methyl/N-ethyl adjacent to an activating group) is 1. The Morgan fingerprint density at radius 1 is 1.10 bits per heavy atom. The van der Waals surface area contributed by atoms with Crippen LogP contribution in [0.25, 0.3) is 0 Å². The van der Waals surface area contributed by atoms with Crippen molar-refractivity contribution in [2.45, 2.75) is 4.21 Å². The monoisotopic (exact) mass is 430 g/mol. The molecule has 0 aliphatic heterocycles. The molecular formula is C20H22N4O3S2. The van der Waals surface area contributed by atoms with Gasteiger partial charge < -0.3 is 15.8 Å². The van der Waals surface area contributed by atoms with E-state index in [1.54, 1.807) is 17.5 Å². The summed E-state index contributed by atoms with van der Waals surface area (Å²) in [4.78, 5) is 4.21. The number of thiophene rings is 1. The maximum absolute atomic E-state index is 12.4. The molecule has 0 amide bonds. The molecule has 9 heteroatoms. The third kappa shape index (κ3) is 5.80. The van der Waals surface area contributed by atoms with Gasteiger partial charge in [0, 0.05) is 25.3 Å². The lowest BCUT2D eigenvalue weighted by atomic mass is 10.3. The molecule has 0 saturated heterocycles. The molecule has 1 aromatic heterocycles. The first kappa shape index (κ1) is 20.8. The molecule has 0 fully saturated rings. The minimum absolute atomic E-state index is 0.198. The van der Waals surface area contributed by atoms with Crippen molar-refractivity contribution >= 4 is 33.0 Å². The van der Waals surface area contributed by atoms with Crippen LogP contribution in [0, 0.1) is 0 Å². The van der Waals surface area contributed by atoms with E-state index >= 15 is 0 Å². The van der Waals surface area contributed by atoms with Gasteiger partial charge in [-0.25, -0.2) is 8.42 Å². The zero-order valence-corrected chi connectivity index (χ0v) is 17.5. The summed E-state index contributed by atoms with van der Waals surface area (Å²) in [6.45, 7) is 0.458. The van der Waals surface area contributed by atoms with Gasteiger partial charge in [0.1, 0.15) is 15.7 Å². The number of aliphatic imine (C=N–C) groups is 1. The van der Waals surface area contributed by atoms with E-state index in [-0.39, 0.29) is 19.0 Å². The van der Waals surface area contributed by atoms with Crippen molar-refractivity contribution in [2.24, 2.45) is 10.7 Å². The number of sulfonamides is 1. The highest BCUT2D eigenvalue weighted by Crippen LogP contribution is 2.23. The number of para-hydroxylation sites is 1. The molecule has 0 spiro atoms. The number of hydrogen-bond donors (Lipinski definition) is 2. The van der Waals surface area contributed by atoms with Crippen molar-refractivity contribution in [1.29, 1.82) is 0 Å². The summed E-state index contributed by atoms with van der Waals surface area (Å²) >= 11 is 1.19. The van der Waals surface area contributed by atoms with Gasteiger partial charge in [-0.15, -0.1) is 11.3 Å². The highest BCUT2D eigenvalue weighted by molar-refractivity contribution is 7.91. The van der Waals surface area contributed by atoms with Gasteiger partial charge in [-0.3, -0.25) is 4.99 Å². The van der Waals surface area contributed by atoms with E-state index in [0.717, 1.165) is 11.4 Å². The molecule has 3 N–H and O–H groups in total. The van der Waals surface area contributed by atoms with Crippen molar-refractivity contribution in [2.75, 3.05) is 25.5 Å². The van der Waals surface area contributed by atoms with Crippen LogP contribution in [0.2, 0.25) is 0 Å². The Morgan fingerprint density at radius 3 is 2.59 bits per heavy atom. The number of benzene rings is 2. The minimum Gasteiger partial charge on any atom is -0.457 e. The number of rotatable bonds is 8. The van der Waals surface area contributed by atoms with Crippen LogP contribution in [0.1, 0.15) is 0 Å². The summed E-state index contributed by atoms with van der Waals surface area (Å²) in [6.07, 6.45) is 0. The van der Waals surface area contributed by atoms with Crippen LogP contribution < -0.4 is 15.8 Å². The molecule has 152 valence electrons. The lowest BCUT2D eigenvalue weighted by Gasteiger charge is -2.15. The third-order valence-electron chi connectivity index (χ3n) is 3.94. The van der Waals surface area contributed by atoms with Crippen LogP contribution in [0.3, 0.4) is 0 Å². The summed E-state index contributed by atoms with van der Waals surface area (Å²) in [5.74, 6) is 1.60. The van der Waals surface area contributed by atoms with Gasteiger partial charge in [0.05, 0.1) is 6.54 Å². The van der Waals surface area contributed by atoms with E-state index in [1.165, 1.54) is 22.7 Å². The summed E-state index contributed by atoms with van der Waals surface area (Å²) in [5, 5.41) is 4.72. The van der Waals surface area contributed by atoms with Crippen LogP contribution in [-0.4, -0.2) is 38.8 Å². The molecule has 3 aromatic rings. The Bertz CT molecular complexity index is 1050. The molecule has 0 aliphatic rings. The Balaban J connectivity index is 1.55. The third-order valence-corrected chi connectivity index (χ3v) is 7.17. The van der Waals surface area contributed by atoms with E-state index in [9.17, 15) is 8.42 Å². The topological polar surface area (TPSA) is 97.0 Å². The maximum Gasteiger partial charge on any atom is 0.252 e. The number of nitrogens with one attached hydrogen (secondary N) is 1. The van der Waals surface area contributed by atoms with E-state index in [1.807, 2.05) is 54.6 Å².